The van der Waals surface area contributed by atoms with Gasteiger partial charge in [0.05, 0.1) is 10.9 Å². The fourth-order valence-electron chi connectivity index (χ4n) is 2.88. The van der Waals surface area contributed by atoms with Crippen molar-refractivity contribution < 1.29 is 14.7 Å². The van der Waals surface area contributed by atoms with E-state index in [1.165, 1.54) is 11.8 Å². The molecule has 1 aliphatic rings. The van der Waals surface area contributed by atoms with Crippen LogP contribution >= 0.6 is 23.4 Å². The molecule has 0 saturated heterocycles. The number of carbonyl (C=O) groups is 2. The molecule has 1 heterocycles. The highest BCUT2D eigenvalue weighted by atomic mass is 35.5. The van der Waals surface area contributed by atoms with Gasteiger partial charge in [0.25, 0.3) is 5.91 Å². The van der Waals surface area contributed by atoms with Crippen LogP contribution in [-0.2, 0) is 4.79 Å². The molecule has 8 heteroatoms. The van der Waals surface area contributed by atoms with Gasteiger partial charge >= 0.3 is 5.97 Å². The average molecular weight is 392 g/mol. The summed E-state index contributed by atoms with van der Waals surface area (Å²) in [6.45, 7) is 0. The number of aliphatic carboxylic acids is 1. The number of hydrogen-bond acceptors (Lipinski definition) is 5. The normalized spacial score (nSPS) is 19.7. The molecule has 6 nitrogen and oxygen atoms in total. The Bertz CT molecular complexity index is 793. The molecule has 26 heavy (non-hydrogen) atoms. The van der Waals surface area contributed by atoms with Crippen molar-refractivity contribution in [3.63, 3.8) is 0 Å². The molecule has 2 aromatic rings. The summed E-state index contributed by atoms with van der Waals surface area (Å²) < 4.78 is 0. The summed E-state index contributed by atoms with van der Waals surface area (Å²) in [5, 5.41) is 21.3. The Balaban J connectivity index is 1.56. The van der Waals surface area contributed by atoms with E-state index in [0.29, 0.717) is 35.7 Å². The molecule has 1 saturated carbocycles. The lowest BCUT2D eigenvalue weighted by molar-refractivity contribution is -0.142. The highest BCUT2D eigenvalue weighted by Crippen LogP contribution is 2.31. The molecule has 0 bridgehead atoms. The first-order chi connectivity index (χ1) is 12.5. The Hall–Kier alpha value is -2.12. The summed E-state index contributed by atoms with van der Waals surface area (Å²) in [4.78, 5) is 24.1. The Morgan fingerprint density at radius 2 is 1.81 bits per heavy atom. The lowest BCUT2D eigenvalue weighted by Crippen LogP contribution is -2.39. The first-order valence-corrected chi connectivity index (χ1v) is 9.52. The lowest BCUT2D eigenvalue weighted by atomic mass is 9.86. The fourth-order valence-corrected chi connectivity index (χ4v) is 3.89. The van der Waals surface area contributed by atoms with Crippen molar-refractivity contribution in [2.75, 3.05) is 0 Å². The SMILES string of the molecule is O=C(NC1CCC(C(=O)O)CC1)c1ccc(Sc2ccccc2Cl)nn1. The molecule has 0 aliphatic heterocycles. The number of aromatic nitrogens is 2. The highest BCUT2D eigenvalue weighted by molar-refractivity contribution is 7.99. The maximum Gasteiger partial charge on any atom is 0.306 e. The number of carboxylic acids is 1. The van der Waals surface area contributed by atoms with Crippen LogP contribution in [0.1, 0.15) is 36.2 Å². The monoisotopic (exact) mass is 391 g/mol. The van der Waals surface area contributed by atoms with E-state index in [9.17, 15) is 9.59 Å². The predicted molar refractivity (Wildman–Crippen MR) is 98.5 cm³/mol. The molecule has 1 fully saturated rings. The molecule has 1 aromatic heterocycles. The summed E-state index contributed by atoms with van der Waals surface area (Å²) in [6, 6.07) is 10.8. The predicted octanol–water partition coefficient (Wildman–Crippen LogP) is 3.65. The van der Waals surface area contributed by atoms with Gasteiger partial charge in [-0.2, -0.15) is 0 Å². The van der Waals surface area contributed by atoms with E-state index in [2.05, 4.69) is 15.5 Å². The Morgan fingerprint density at radius 3 is 2.42 bits per heavy atom. The summed E-state index contributed by atoms with van der Waals surface area (Å²) in [5.74, 6) is -1.35. The second-order valence-electron chi connectivity index (χ2n) is 6.15. The number of nitrogens with one attached hydrogen (secondary N) is 1. The van der Waals surface area contributed by atoms with Crippen molar-refractivity contribution in [2.24, 2.45) is 5.92 Å². The number of hydrogen-bond donors (Lipinski definition) is 2. The number of carboxylic acid groups (broad SMARTS) is 1. The molecule has 1 amide bonds. The van der Waals surface area contributed by atoms with Gasteiger partial charge in [0, 0.05) is 10.9 Å². The van der Waals surface area contributed by atoms with Gasteiger partial charge in [0.15, 0.2) is 5.69 Å². The largest absolute Gasteiger partial charge is 0.481 e. The summed E-state index contributed by atoms with van der Waals surface area (Å²) in [5.41, 5.74) is 0.244. The average Bonchev–Trinajstić information content (AvgIpc) is 2.64. The van der Waals surface area contributed by atoms with Crippen LogP contribution in [-0.4, -0.2) is 33.2 Å². The molecule has 0 radical (unpaired) electrons. The molecular formula is C18H18ClN3O3S. The van der Waals surface area contributed by atoms with E-state index in [4.69, 9.17) is 16.7 Å². The van der Waals surface area contributed by atoms with Crippen molar-refractivity contribution in [3.05, 3.63) is 47.1 Å². The van der Waals surface area contributed by atoms with E-state index in [1.807, 2.05) is 18.2 Å². The van der Waals surface area contributed by atoms with E-state index < -0.39 is 5.97 Å². The van der Waals surface area contributed by atoms with Crippen LogP contribution in [0.3, 0.4) is 0 Å². The van der Waals surface area contributed by atoms with Crippen molar-refractivity contribution in [1.82, 2.24) is 15.5 Å². The highest BCUT2D eigenvalue weighted by Gasteiger charge is 2.27. The van der Waals surface area contributed by atoms with Crippen LogP contribution in [0.5, 0.6) is 0 Å². The second-order valence-corrected chi connectivity index (χ2v) is 7.62. The molecule has 0 atom stereocenters. The van der Waals surface area contributed by atoms with Gasteiger partial charge in [-0.3, -0.25) is 9.59 Å². The molecule has 136 valence electrons. The van der Waals surface area contributed by atoms with E-state index in [0.717, 1.165) is 4.90 Å². The topological polar surface area (TPSA) is 92.2 Å². The minimum Gasteiger partial charge on any atom is -0.481 e. The second kappa shape index (κ2) is 8.51. The van der Waals surface area contributed by atoms with E-state index in [-0.39, 0.29) is 23.6 Å². The van der Waals surface area contributed by atoms with Crippen molar-refractivity contribution in [2.45, 2.75) is 41.6 Å². The molecule has 0 unspecified atom stereocenters. The van der Waals surface area contributed by atoms with Crippen LogP contribution in [0.2, 0.25) is 5.02 Å². The van der Waals surface area contributed by atoms with Crippen LogP contribution in [0.15, 0.2) is 46.3 Å². The van der Waals surface area contributed by atoms with Gasteiger partial charge in [-0.05, 0) is 49.9 Å². The number of nitrogens with zero attached hydrogens (tertiary/aromatic N) is 2. The minimum atomic E-state index is -0.757. The fraction of sp³-hybridized carbons (Fsp3) is 0.333. The summed E-state index contributed by atoms with van der Waals surface area (Å²) >= 11 is 7.50. The number of benzene rings is 1. The molecule has 0 spiro atoms. The van der Waals surface area contributed by atoms with Gasteiger partial charge in [0.2, 0.25) is 0 Å². The van der Waals surface area contributed by atoms with Crippen molar-refractivity contribution in [3.8, 4) is 0 Å². The van der Waals surface area contributed by atoms with Gasteiger partial charge in [0.1, 0.15) is 5.03 Å². The van der Waals surface area contributed by atoms with Crippen molar-refractivity contribution in [1.29, 1.82) is 0 Å². The quantitative estimate of drug-likeness (QED) is 0.808. The van der Waals surface area contributed by atoms with Gasteiger partial charge in [-0.1, -0.05) is 35.5 Å². The Morgan fingerprint density at radius 1 is 1.08 bits per heavy atom. The molecule has 2 N–H and O–H groups in total. The third-order valence-electron chi connectivity index (χ3n) is 4.34. The first-order valence-electron chi connectivity index (χ1n) is 8.32. The van der Waals surface area contributed by atoms with Crippen LogP contribution in [0.4, 0.5) is 0 Å². The molecule has 3 rings (SSSR count). The third-order valence-corrected chi connectivity index (χ3v) is 5.78. The van der Waals surface area contributed by atoms with E-state index >= 15 is 0 Å². The summed E-state index contributed by atoms with van der Waals surface area (Å²) in [6.07, 6.45) is 2.49. The number of amides is 1. The van der Waals surface area contributed by atoms with Gasteiger partial charge in [-0.25, -0.2) is 0 Å². The maximum absolute atomic E-state index is 12.3. The number of halogens is 1. The standard InChI is InChI=1S/C18H18ClN3O3S/c19-13-3-1-2-4-15(13)26-16-10-9-14(21-22-16)17(23)20-12-7-5-11(6-8-12)18(24)25/h1-4,9-12H,5-8H2,(H,20,23)(H,24,25). The van der Waals surface area contributed by atoms with Crippen LogP contribution < -0.4 is 5.32 Å². The smallest absolute Gasteiger partial charge is 0.306 e. The summed E-state index contributed by atoms with van der Waals surface area (Å²) in [7, 11) is 0. The first kappa shape index (κ1) is 18.7. The number of carbonyl (C=O) groups excluding carboxylic acids is 1. The maximum atomic E-state index is 12.3. The molecular weight excluding hydrogens is 374 g/mol. The molecule has 1 aliphatic carbocycles. The molecule has 1 aromatic carbocycles. The Labute approximate surface area is 160 Å². The van der Waals surface area contributed by atoms with Crippen LogP contribution in [0.25, 0.3) is 0 Å². The Kier molecular flexibility index (Phi) is 6.11. The number of rotatable bonds is 5. The third kappa shape index (κ3) is 4.74. The zero-order chi connectivity index (χ0) is 18.5. The zero-order valence-corrected chi connectivity index (χ0v) is 15.5. The van der Waals surface area contributed by atoms with Gasteiger partial charge < -0.3 is 10.4 Å². The van der Waals surface area contributed by atoms with E-state index in [1.54, 1.807) is 18.2 Å². The zero-order valence-electron chi connectivity index (χ0n) is 13.9. The van der Waals surface area contributed by atoms with Gasteiger partial charge in [-0.15, -0.1) is 10.2 Å². The van der Waals surface area contributed by atoms with Crippen LogP contribution in [0, 0.1) is 5.92 Å². The lowest BCUT2D eigenvalue weighted by Gasteiger charge is -2.26. The van der Waals surface area contributed by atoms with Crippen molar-refractivity contribution >= 4 is 35.2 Å². The minimum absolute atomic E-state index is 0.0166.